The van der Waals surface area contributed by atoms with E-state index in [0.29, 0.717) is 79.3 Å². The zero-order chi connectivity index (χ0) is 60.0. The Morgan fingerprint density at radius 1 is 0.621 bits per heavy atom. The molecule has 6 aromatic rings. The minimum Gasteiger partial charge on any atom is -0.497 e. The van der Waals surface area contributed by atoms with Crippen molar-refractivity contribution in [2.45, 2.75) is 104 Å². The molecule has 4 aliphatic carbocycles. The number of halogens is 2. The first-order valence-corrected chi connectivity index (χ1v) is 31.3. The molecular formula is C62H68Cl2N8O13S2. The van der Waals surface area contributed by atoms with Crippen LogP contribution in [0.25, 0.3) is 44.3 Å². The minimum atomic E-state index is -3.81. The van der Waals surface area contributed by atoms with E-state index in [2.05, 4.69) is 38.6 Å². The smallest absolute Gasteiger partial charge is 0.259 e. The number of nitrogens with one attached hydrogen (secondary N) is 5. The van der Waals surface area contributed by atoms with Gasteiger partial charge >= 0.3 is 0 Å². The maximum atomic E-state index is 13.7. The van der Waals surface area contributed by atoms with E-state index < -0.39 is 83.5 Å². The van der Waals surface area contributed by atoms with Crippen molar-refractivity contribution in [3.63, 3.8) is 0 Å². The molecule has 21 nitrogen and oxygen atoms in total. The van der Waals surface area contributed by atoms with Crippen molar-refractivity contribution in [2.24, 2.45) is 11.8 Å². The van der Waals surface area contributed by atoms with Gasteiger partial charge in [-0.15, -0.1) is 38.0 Å². The first kappa shape index (κ1) is 63.7. The Kier molecular flexibility index (Phi) is 18.6. The molecule has 8 atom stereocenters. The molecule has 12 rings (SSSR count). The molecule has 0 bridgehead atoms. The van der Waals surface area contributed by atoms with Crippen LogP contribution in [0, 0.1) is 11.8 Å². The van der Waals surface area contributed by atoms with Gasteiger partial charge in [0.25, 0.3) is 11.8 Å². The van der Waals surface area contributed by atoms with Crippen molar-refractivity contribution in [3.05, 3.63) is 135 Å². The fraction of sp³-hybridized carbons (Fsp3) is 0.371. The second-order valence-corrected chi connectivity index (χ2v) is 26.4. The Morgan fingerprint density at radius 3 is 1.48 bits per heavy atom. The molecule has 4 saturated carbocycles. The number of hydrogen-bond acceptors (Lipinski definition) is 16. The Balaban J connectivity index is 0.000000203. The molecule has 87 heavy (non-hydrogen) atoms. The van der Waals surface area contributed by atoms with E-state index in [0.717, 1.165) is 33.1 Å². The summed E-state index contributed by atoms with van der Waals surface area (Å²) < 4.78 is 77.7. The molecule has 0 spiro atoms. The van der Waals surface area contributed by atoms with Gasteiger partial charge in [0.2, 0.25) is 37.8 Å². The SMILES string of the molecule is C=C[C@@H]1C[C@]1(NC(=O)[C@@H]1C[C@@H](Oc2cc(-c3ccccc3)nc3cc(OC)ccc23)CN1)C(=O)NS(=O)(=O)C1CC1.C=C[C@@H]1C[C@]1(NC(=O)[C@@H]1C[C@@H](Oc2cc(-c3ccccc3)nc3cc(OC)ccc23)CN1C(C)=O)C(=O)NS(=O)(=O)C1CC1.Cl.Cl. The van der Waals surface area contributed by atoms with Gasteiger partial charge in [-0.3, -0.25) is 33.4 Å². The maximum absolute atomic E-state index is 13.7. The van der Waals surface area contributed by atoms with Gasteiger partial charge in [-0.25, -0.2) is 26.8 Å². The van der Waals surface area contributed by atoms with Gasteiger partial charge in [0, 0.05) is 84.3 Å². The molecule has 4 aromatic carbocycles. The van der Waals surface area contributed by atoms with Crippen LogP contribution in [0.1, 0.15) is 58.3 Å². The number of likely N-dealkylation sites (tertiary alicyclic amines) is 1. The third-order valence-electron chi connectivity index (χ3n) is 16.6. The van der Waals surface area contributed by atoms with E-state index in [4.69, 9.17) is 28.9 Å². The van der Waals surface area contributed by atoms with Gasteiger partial charge in [0.05, 0.1) is 59.7 Å². The largest absolute Gasteiger partial charge is 0.497 e. The summed E-state index contributed by atoms with van der Waals surface area (Å²) >= 11 is 0. The summed E-state index contributed by atoms with van der Waals surface area (Å²) in [5.74, 6) is -1.02. The van der Waals surface area contributed by atoms with Crippen LogP contribution in [0.5, 0.6) is 23.0 Å². The lowest BCUT2D eigenvalue weighted by molar-refractivity contribution is -0.138. The van der Waals surface area contributed by atoms with Gasteiger partial charge in [-0.05, 0) is 62.8 Å². The monoisotopic (exact) mass is 1270 g/mol. The van der Waals surface area contributed by atoms with E-state index >= 15 is 0 Å². The van der Waals surface area contributed by atoms with Gasteiger partial charge < -0.3 is 39.8 Å². The zero-order valence-corrected chi connectivity index (χ0v) is 51.2. The normalized spacial score (nSPS) is 24.3. The number of sulfonamides is 2. The summed E-state index contributed by atoms with van der Waals surface area (Å²) in [6.07, 6.45) is 5.36. The molecule has 2 saturated heterocycles. The molecule has 2 aliphatic heterocycles. The van der Waals surface area contributed by atoms with Crippen molar-refractivity contribution >= 4 is 96.2 Å². The second-order valence-electron chi connectivity index (χ2n) is 22.5. The number of fused-ring (bicyclic) bond motifs is 2. The number of carbonyl (C=O) groups is 5. The first-order valence-electron chi connectivity index (χ1n) is 28.2. The Bertz CT molecular complexity index is 3900. The van der Waals surface area contributed by atoms with Crippen molar-refractivity contribution in [1.29, 1.82) is 0 Å². The molecule has 6 fully saturated rings. The number of benzene rings is 4. The average Bonchev–Trinajstić information content (AvgIpc) is 1.65. The van der Waals surface area contributed by atoms with Gasteiger partial charge in [-0.2, -0.15) is 0 Å². The number of hydrogen-bond donors (Lipinski definition) is 5. The number of pyridine rings is 2. The lowest BCUT2D eigenvalue weighted by Crippen LogP contribution is -2.56. The summed E-state index contributed by atoms with van der Waals surface area (Å²) in [6.45, 7) is 9.42. The average molecular weight is 1270 g/mol. The molecular weight excluding hydrogens is 1200 g/mol. The van der Waals surface area contributed by atoms with Crippen LogP contribution in [0.2, 0.25) is 0 Å². The summed E-state index contributed by atoms with van der Waals surface area (Å²) in [4.78, 5) is 76.9. The van der Waals surface area contributed by atoms with E-state index in [-0.39, 0.29) is 68.0 Å². The molecule has 0 radical (unpaired) electrons. The minimum absolute atomic E-state index is 0. The topological polar surface area (TPSA) is 280 Å². The van der Waals surface area contributed by atoms with E-state index in [1.54, 1.807) is 20.3 Å². The summed E-state index contributed by atoms with van der Waals surface area (Å²) in [6, 6.07) is 32.7. The molecule has 5 N–H and O–H groups in total. The van der Waals surface area contributed by atoms with E-state index in [9.17, 15) is 40.8 Å². The molecule has 6 aliphatic rings. The predicted octanol–water partition coefficient (Wildman–Crippen LogP) is 6.48. The standard InChI is InChI=1S/C32H34N4O7S.C30H32N4O6S.2ClH/c1-4-21-17-32(21,31(39)35-44(40,41)24-11-12-24)34-30(38)28-15-23(18-36(28)19(2)37)43-29-16-26(20-8-6-5-7-9-20)33-27-14-22(42-3)10-13-25(27)29;1-3-19-16-30(19,29(36)34-41(37,38)22-10-11-22)33-28(35)26-14-21(17-31-26)40-27-15-24(18-7-5-4-6-8-18)32-25-13-20(39-2)9-12-23(25)27;;/h4-10,13-14,16,21,23-24,28H,1,11-12,15,17-18H2,2-3H3,(H,34,38)(H,35,39);3-9,12-13,15,19,21-22,26,31H,1,10-11,14,16-17H2,2H3,(H,33,35)(H,34,36);2*1H/t21-,23-,28+,32-;19-,21-,26+,30-;;/m11../s1. The third-order valence-corrected chi connectivity index (χ3v) is 20.2. The van der Waals surface area contributed by atoms with Gasteiger partial charge in [0.15, 0.2) is 0 Å². The predicted molar refractivity (Wildman–Crippen MR) is 332 cm³/mol. The van der Waals surface area contributed by atoms with Crippen molar-refractivity contribution in [3.8, 4) is 45.5 Å². The highest BCUT2D eigenvalue weighted by Crippen LogP contribution is 2.47. The molecule has 2 aromatic heterocycles. The Morgan fingerprint density at radius 2 is 1.07 bits per heavy atom. The quantitative estimate of drug-likeness (QED) is 0.0512. The highest BCUT2D eigenvalue weighted by Gasteiger charge is 2.63. The van der Waals surface area contributed by atoms with E-state index in [1.165, 1.54) is 17.9 Å². The molecule has 25 heteroatoms. The number of methoxy groups -OCH3 is 2. The van der Waals surface area contributed by atoms with Crippen molar-refractivity contribution < 1.29 is 59.8 Å². The first-order chi connectivity index (χ1) is 40.8. The highest BCUT2D eigenvalue weighted by molar-refractivity contribution is 7.91. The van der Waals surface area contributed by atoms with Crippen LogP contribution in [0.3, 0.4) is 0 Å². The molecule has 4 heterocycles. The van der Waals surface area contributed by atoms with E-state index in [1.807, 2.05) is 109 Å². The molecule has 5 amide bonds. The van der Waals surface area contributed by atoms with Crippen molar-refractivity contribution in [2.75, 3.05) is 27.3 Å². The molecule has 0 unspecified atom stereocenters. The van der Waals surface area contributed by atoms with Crippen molar-refractivity contribution in [1.82, 2.24) is 40.3 Å². The number of carbonyl (C=O) groups excluding carboxylic acids is 5. The van der Waals surface area contributed by atoms with Gasteiger partial charge in [0.1, 0.15) is 52.3 Å². The van der Waals surface area contributed by atoms with Crippen LogP contribution in [-0.2, 0) is 44.0 Å². The summed E-state index contributed by atoms with van der Waals surface area (Å²) in [7, 11) is -4.36. The van der Waals surface area contributed by atoms with Crippen LogP contribution in [-0.4, -0.2) is 134 Å². The van der Waals surface area contributed by atoms with Crippen LogP contribution >= 0.6 is 24.8 Å². The number of amides is 5. The zero-order valence-electron chi connectivity index (χ0n) is 47.9. The number of aromatic nitrogens is 2. The number of ether oxygens (including phenoxy) is 4. The Hall–Kier alpha value is -7.83. The van der Waals surface area contributed by atoms with Crippen LogP contribution in [0.15, 0.2) is 135 Å². The second kappa shape index (κ2) is 25.5. The third kappa shape index (κ3) is 13.5. The van der Waals surface area contributed by atoms with Gasteiger partial charge in [-0.1, -0.05) is 72.8 Å². The Labute approximate surface area is 516 Å². The number of nitrogens with zero attached hydrogens (tertiary/aromatic N) is 3. The lowest BCUT2D eigenvalue weighted by atomic mass is 10.1. The lowest BCUT2D eigenvalue weighted by Gasteiger charge is -2.25. The summed E-state index contributed by atoms with van der Waals surface area (Å²) in [5.41, 5.74) is 1.91. The number of rotatable bonds is 20. The fourth-order valence-corrected chi connectivity index (χ4v) is 13.9. The molecule has 460 valence electrons. The highest BCUT2D eigenvalue weighted by atomic mass is 35.5. The fourth-order valence-electron chi connectivity index (χ4n) is 11.2. The van der Waals surface area contributed by atoms with Crippen LogP contribution in [0.4, 0.5) is 0 Å². The van der Waals surface area contributed by atoms with Crippen LogP contribution < -0.4 is 44.3 Å². The maximum Gasteiger partial charge on any atom is 0.259 e. The summed E-state index contributed by atoms with van der Waals surface area (Å²) in [5, 5.41) is 9.22.